The SMILES string of the molecule is CC(C)C(=O)N1CCCC12CN(C(c1nnco1)C(C)C)C2=O. The Morgan fingerprint density at radius 2 is 2.09 bits per heavy atom. The fourth-order valence-electron chi connectivity index (χ4n) is 3.81. The summed E-state index contributed by atoms with van der Waals surface area (Å²) in [5.41, 5.74) is -0.644. The molecule has 2 fully saturated rings. The van der Waals surface area contributed by atoms with E-state index in [1.807, 2.05) is 27.7 Å². The summed E-state index contributed by atoms with van der Waals surface area (Å²) in [5.74, 6) is 0.606. The van der Waals surface area contributed by atoms with Crippen LogP contribution in [0.25, 0.3) is 0 Å². The third-order valence-electron chi connectivity index (χ3n) is 4.94. The predicted molar refractivity (Wildman–Crippen MR) is 82.1 cm³/mol. The van der Waals surface area contributed by atoms with Crippen molar-refractivity contribution in [1.82, 2.24) is 20.0 Å². The number of β-lactam (4-membered cyclic amide) rings is 1. The molecule has 23 heavy (non-hydrogen) atoms. The molecule has 7 heteroatoms. The molecule has 1 aromatic rings. The highest BCUT2D eigenvalue weighted by molar-refractivity contribution is 5.97. The zero-order chi connectivity index (χ0) is 16.8. The summed E-state index contributed by atoms with van der Waals surface area (Å²) < 4.78 is 5.33. The van der Waals surface area contributed by atoms with Gasteiger partial charge in [-0.3, -0.25) is 9.59 Å². The van der Waals surface area contributed by atoms with Gasteiger partial charge in [0.05, 0.1) is 6.54 Å². The average Bonchev–Trinajstić information content (AvgIpc) is 3.16. The van der Waals surface area contributed by atoms with Crippen LogP contribution in [-0.2, 0) is 9.59 Å². The first-order valence-electron chi connectivity index (χ1n) is 8.27. The molecule has 2 saturated heterocycles. The highest BCUT2D eigenvalue weighted by Crippen LogP contribution is 2.44. The lowest BCUT2D eigenvalue weighted by Crippen LogP contribution is -2.73. The molecule has 2 amide bonds. The van der Waals surface area contributed by atoms with Crippen molar-refractivity contribution in [3.8, 4) is 0 Å². The molecule has 2 aliphatic heterocycles. The normalized spacial score (nSPS) is 25.6. The summed E-state index contributed by atoms with van der Waals surface area (Å²) in [4.78, 5) is 29.0. The lowest BCUT2D eigenvalue weighted by Gasteiger charge is -2.54. The smallest absolute Gasteiger partial charge is 0.251 e. The van der Waals surface area contributed by atoms with Gasteiger partial charge in [-0.05, 0) is 18.8 Å². The molecule has 3 rings (SSSR count). The number of rotatable bonds is 4. The first-order valence-corrected chi connectivity index (χ1v) is 8.27. The largest absolute Gasteiger partial charge is 0.426 e. The van der Waals surface area contributed by atoms with Crippen molar-refractivity contribution < 1.29 is 14.0 Å². The molecule has 1 spiro atoms. The molecule has 7 nitrogen and oxygen atoms in total. The molecule has 3 heterocycles. The van der Waals surface area contributed by atoms with Crippen LogP contribution in [-0.4, -0.2) is 50.4 Å². The molecule has 2 atom stereocenters. The Morgan fingerprint density at radius 1 is 1.35 bits per heavy atom. The first kappa shape index (κ1) is 16.0. The number of carbonyl (C=O) groups excluding carboxylic acids is 2. The monoisotopic (exact) mass is 320 g/mol. The minimum atomic E-state index is -0.644. The van der Waals surface area contributed by atoms with Crippen molar-refractivity contribution in [2.75, 3.05) is 13.1 Å². The zero-order valence-electron chi connectivity index (χ0n) is 14.2. The van der Waals surface area contributed by atoms with Crippen molar-refractivity contribution >= 4 is 11.8 Å². The van der Waals surface area contributed by atoms with E-state index in [4.69, 9.17) is 4.42 Å². The van der Waals surface area contributed by atoms with Crippen molar-refractivity contribution in [2.24, 2.45) is 11.8 Å². The van der Waals surface area contributed by atoms with Crippen LogP contribution in [0.15, 0.2) is 10.8 Å². The van der Waals surface area contributed by atoms with Crippen LogP contribution in [0.3, 0.4) is 0 Å². The van der Waals surface area contributed by atoms with E-state index in [-0.39, 0.29) is 29.7 Å². The van der Waals surface area contributed by atoms with Gasteiger partial charge in [-0.25, -0.2) is 0 Å². The third kappa shape index (κ3) is 2.33. The Bertz CT molecular complexity index is 598. The molecule has 2 unspecified atom stereocenters. The second-order valence-electron chi connectivity index (χ2n) is 7.18. The van der Waals surface area contributed by atoms with Crippen LogP contribution in [0.2, 0.25) is 0 Å². The van der Waals surface area contributed by atoms with E-state index in [1.54, 1.807) is 9.80 Å². The van der Waals surface area contributed by atoms with Gasteiger partial charge in [-0.15, -0.1) is 10.2 Å². The number of aromatic nitrogens is 2. The maximum absolute atomic E-state index is 13.0. The van der Waals surface area contributed by atoms with E-state index >= 15 is 0 Å². The van der Waals surface area contributed by atoms with E-state index in [1.165, 1.54) is 6.39 Å². The maximum atomic E-state index is 13.0. The van der Waals surface area contributed by atoms with Gasteiger partial charge in [0.15, 0.2) is 0 Å². The summed E-state index contributed by atoms with van der Waals surface area (Å²) in [6.07, 6.45) is 2.91. The molecule has 0 bridgehead atoms. The molecule has 0 saturated carbocycles. The van der Waals surface area contributed by atoms with Crippen LogP contribution >= 0.6 is 0 Å². The van der Waals surface area contributed by atoms with E-state index in [2.05, 4.69) is 10.2 Å². The lowest BCUT2D eigenvalue weighted by atomic mass is 9.82. The third-order valence-corrected chi connectivity index (χ3v) is 4.94. The van der Waals surface area contributed by atoms with Gasteiger partial charge in [0.2, 0.25) is 18.2 Å². The van der Waals surface area contributed by atoms with Crippen molar-refractivity contribution in [3.63, 3.8) is 0 Å². The lowest BCUT2D eigenvalue weighted by molar-refractivity contribution is -0.174. The summed E-state index contributed by atoms with van der Waals surface area (Å²) in [6.45, 7) is 9.03. The molecule has 126 valence electrons. The van der Waals surface area contributed by atoms with Gasteiger partial charge in [-0.2, -0.15) is 0 Å². The second-order valence-corrected chi connectivity index (χ2v) is 7.18. The standard InChI is InChI=1S/C16H24N4O3/c1-10(2)12(13-18-17-9-23-13)19-8-16(15(19)22)6-5-7-20(16)14(21)11(3)4/h9-12H,5-8H2,1-4H3. The Balaban J connectivity index is 1.83. The van der Waals surface area contributed by atoms with Gasteiger partial charge in [0.1, 0.15) is 11.6 Å². The number of likely N-dealkylation sites (tertiary alicyclic amines) is 2. The predicted octanol–water partition coefficient (Wildman–Crippen LogP) is 1.63. The highest BCUT2D eigenvalue weighted by Gasteiger charge is 2.61. The van der Waals surface area contributed by atoms with Crippen LogP contribution in [0.5, 0.6) is 0 Å². The molecule has 0 aromatic carbocycles. The van der Waals surface area contributed by atoms with Gasteiger partial charge < -0.3 is 14.2 Å². The van der Waals surface area contributed by atoms with E-state index in [0.29, 0.717) is 19.0 Å². The van der Waals surface area contributed by atoms with Gasteiger partial charge in [0, 0.05) is 12.5 Å². The van der Waals surface area contributed by atoms with Gasteiger partial charge in [-0.1, -0.05) is 27.7 Å². The number of carbonyl (C=O) groups is 2. The van der Waals surface area contributed by atoms with Crippen LogP contribution in [0.4, 0.5) is 0 Å². The Morgan fingerprint density at radius 3 is 2.61 bits per heavy atom. The molecule has 0 N–H and O–H groups in total. The maximum Gasteiger partial charge on any atom is 0.251 e. The van der Waals surface area contributed by atoms with Gasteiger partial charge in [0.25, 0.3) is 5.91 Å². The fourth-order valence-corrected chi connectivity index (χ4v) is 3.81. The number of amides is 2. The number of hydrogen-bond donors (Lipinski definition) is 0. The summed E-state index contributed by atoms with van der Waals surface area (Å²) in [6, 6.07) is -0.229. The van der Waals surface area contributed by atoms with Crippen molar-refractivity contribution in [2.45, 2.75) is 52.1 Å². The second kappa shape index (κ2) is 5.62. The van der Waals surface area contributed by atoms with Crippen molar-refractivity contribution in [1.29, 1.82) is 0 Å². The van der Waals surface area contributed by atoms with E-state index < -0.39 is 5.54 Å². The Labute approximate surface area is 136 Å². The fraction of sp³-hybridized carbons (Fsp3) is 0.750. The van der Waals surface area contributed by atoms with Crippen LogP contribution in [0.1, 0.15) is 52.5 Å². The number of hydrogen-bond acceptors (Lipinski definition) is 5. The van der Waals surface area contributed by atoms with Crippen LogP contribution in [0, 0.1) is 11.8 Å². The molecule has 1 aromatic heterocycles. The first-order chi connectivity index (χ1) is 10.9. The van der Waals surface area contributed by atoms with Crippen LogP contribution < -0.4 is 0 Å². The van der Waals surface area contributed by atoms with E-state index in [9.17, 15) is 9.59 Å². The summed E-state index contributed by atoms with van der Waals surface area (Å²) in [5, 5.41) is 7.71. The minimum absolute atomic E-state index is 0.0147. The molecule has 0 radical (unpaired) electrons. The quantitative estimate of drug-likeness (QED) is 0.788. The Kier molecular flexibility index (Phi) is 3.90. The average molecular weight is 320 g/mol. The van der Waals surface area contributed by atoms with Crippen molar-refractivity contribution in [3.05, 3.63) is 12.3 Å². The summed E-state index contributed by atoms with van der Waals surface area (Å²) in [7, 11) is 0. The molecular weight excluding hydrogens is 296 g/mol. The number of nitrogens with zero attached hydrogens (tertiary/aromatic N) is 4. The van der Waals surface area contributed by atoms with E-state index in [0.717, 1.165) is 12.8 Å². The van der Waals surface area contributed by atoms with Gasteiger partial charge >= 0.3 is 0 Å². The summed E-state index contributed by atoms with van der Waals surface area (Å²) >= 11 is 0. The highest BCUT2D eigenvalue weighted by atomic mass is 16.4. The Hall–Kier alpha value is -1.92. The minimum Gasteiger partial charge on any atom is -0.426 e. The molecule has 2 aliphatic rings. The molecule has 0 aliphatic carbocycles. The zero-order valence-corrected chi connectivity index (χ0v) is 14.2. The topological polar surface area (TPSA) is 79.5 Å². The molecular formula is C16H24N4O3.